The first-order chi connectivity index (χ1) is 20.2. The fraction of sp³-hybridized carbons (Fsp3) is 0.267. The van der Waals surface area contributed by atoms with Gasteiger partial charge in [-0.1, -0.05) is 18.2 Å². The number of benzene rings is 3. The molecule has 0 saturated carbocycles. The number of nitrogens with zero attached hydrogens (tertiary/aromatic N) is 1. The van der Waals surface area contributed by atoms with Crippen LogP contribution < -0.4 is 35.0 Å². The number of hydrogen-bond donors (Lipinski definition) is 3. The number of halogens is 1. The second-order valence-electron chi connectivity index (χ2n) is 9.01. The Morgan fingerprint density at radius 1 is 0.905 bits per heavy atom. The van der Waals surface area contributed by atoms with Crippen LogP contribution in [0.15, 0.2) is 53.6 Å². The maximum absolute atomic E-state index is 12.5. The third-order valence-corrected chi connectivity index (χ3v) is 7.01. The summed E-state index contributed by atoms with van der Waals surface area (Å²) in [6.07, 6.45) is 1.86. The number of nitrogens with one attached hydrogen (secondary N) is 3. The van der Waals surface area contributed by atoms with E-state index in [1.54, 1.807) is 32.4 Å². The molecule has 222 valence electrons. The minimum absolute atomic E-state index is 0.218. The Morgan fingerprint density at radius 3 is 2.36 bits per heavy atom. The van der Waals surface area contributed by atoms with Crippen molar-refractivity contribution in [2.24, 2.45) is 5.10 Å². The molecular formula is C30H33IN4O7. The van der Waals surface area contributed by atoms with Gasteiger partial charge in [0.1, 0.15) is 0 Å². The normalized spacial score (nSPS) is 10.6. The lowest BCUT2D eigenvalue weighted by atomic mass is 10.1. The van der Waals surface area contributed by atoms with Crippen LogP contribution in [0.1, 0.15) is 22.3 Å². The summed E-state index contributed by atoms with van der Waals surface area (Å²) in [4.78, 5) is 36.8. The summed E-state index contributed by atoms with van der Waals surface area (Å²) >= 11 is 2.05. The van der Waals surface area contributed by atoms with Crippen LogP contribution >= 0.6 is 22.6 Å². The summed E-state index contributed by atoms with van der Waals surface area (Å²) in [5.74, 6) is -0.0765. The number of aryl methyl sites for hydroxylation is 1. The highest BCUT2D eigenvalue weighted by molar-refractivity contribution is 14.1. The van der Waals surface area contributed by atoms with E-state index in [0.29, 0.717) is 38.6 Å². The van der Waals surface area contributed by atoms with Crippen LogP contribution in [-0.4, -0.2) is 58.4 Å². The van der Waals surface area contributed by atoms with Gasteiger partial charge >= 0.3 is 11.8 Å². The number of anilines is 1. The maximum atomic E-state index is 12.5. The molecule has 0 saturated heterocycles. The van der Waals surface area contributed by atoms with Crippen molar-refractivity contribution in [3.05, 3.63) is 74.4 Å². The molecule has 3 rings (SSSR count). The van der Waals surface area contributed by atoms with Crippen LogP contribution in [0.3, 0.4) is 0 Å². The zero-order valence-corrected chi connectivity index (χ0v) is 26.2. The van der Waals surface area contributed by atoms with E-state index in [0.717, 1.165) is 22.4 Å². The molecule has 0 aliphatic heterocycles. The van der Waals surface area contributed by atoms with Crippen molar-refractivity contribution in [2.45, 2.75) is 20.3 Å². The first-order valence-corrected chi connectivity index (χ1v) is 13.9. The molecule has 0 unspecified atom stereocenters. The standard InChI is InChI=1S/C30H33IN4O7/c1-18-7-6-8-23(19(18)2)34-27(36)17-42-28-22(31)13-21(15-26(28)41-5)16-33-35-30(38)29(37)32-12-11-20-9-10-24(39-3)25(14-20)40-4/h6-10,13-16H,11-12,17H2,1-5H3,(H,32,37)(H,34,36)(H,35,38)/b33-16-. The molecule has 11 nitrogen and oxygen atoms in total. The van der Waals surface area contributed by atoms with Crippen molar-refractivity contribution in [1.82, 2.24) is 10.7 Å². The van der Waals surface area contributed by atoms with Gasteiger partial charge in [0.2, 0.25) is 0 Å². The van der Waals surface area contributed by atoms with E-state index < -0.39 is 11.8 Å². The summed E-state index contributed by atoms with van der Waals surface area (Å²) in [6.45, 7) is 3.94. The maximum Gasteiger partial charge on any atom is 0.329 e. The molecule has 42 heavy (non-hydrogen) atoms. The van der Waals surface area contributed by atoms with Crippen LogP contribution in [0.2, 0.25) is 0 Å². The smallest absolute Gasteiger partial charge is 0.329 e. The van der Waals surface area contributed by atoms with Crippen LogP contribution in [-0.2, 0) is 20.8 Å². The molecule has 3 aromatic carbocycles. The molecule has 0 spiro atoms. The van der Waals surface area contributed by atoms with Gasteiger partial charge < -0.3 is 29.6 Å². The molecule has 0 bridgehead atoms. The Balaban J connectivity index is 1.51. The number of ether oxygens (including phenoxy) is 4. The fourth-order valence-electron chi connectivity index (χ4n) is 3.82. The molecule has 12 heteroatoms. The van der Waals surface area contributed by atoms with Gasteiger partial charge in [0.05, 0.1) is 31.1 Å². The van der Waals surface area contributed by atoms with E-state index in [1.165, 1.54) is 13.3 Å². The third-order valence-electron chi connectivity index (χ3n) is 6.21. The molecule has 0 aromatic heterocycles. The molecule has 3 N–H and O–H groups in total. The number of amides is 3. The number of rotatable bonds is 12. The molecule has 3 aromatic rings. The van der Waals surface area contributed by atoms with Crippen LogP contribution in [0, 0.1) is 17.4 Å². The zero-order valence-electron chi connectivity index (χ0n) is 24.0. The average Bonchev–Trinajstić information content (AvgIpc) is 2.98. The number of hydrazone groups is 1. The molecule has 0 heterocycles. The second kappa shape index (κ2) is 15.6. The number of carbonyl (C=O) groups is 3. The summed E-state index contributed by atoms with van der Waals surface area (Å²) in [5.41, 5.74) is 6.49. The Hall–Kier alpha value is -4.33. The lowest BCUT2D eigenvalue weighted by molar-refractivity contribution is -0.139. The first kappa shape index (κ1) is 32.2. The van der Waals surface area contributed by atoms with Gasteiger partial charge in [-0.15, -0.1) is 0 Å². The predicted molar refractivity (Wildman–Crippen MR) is 168 cm³/mol. The van der Waals surface area contributed by atoms with Gasteiger partial charge in [-0.05, 0) is 95.4 Å². The largest absolute Gasteiger partial charge is 0.493 e. The number of methoxy groups -OCH3 is 3. The molecule has 0 atom stereocenters. The molecule has 0 aliphatic carbocycles. The minimum atomic E-state index is -0.907. The topological polar surface area (TPSA) is 137 Å². The van der Waals surface area contributed by atoms with Crippen LogP contribution in [0.25, 0.3) is 0 Å². The number of hydrogen-bond acceptors (Lipinski definition) is 8. The summed E-state index contributed by atoms with van der Waals surface area (Å²) in [5, 5.41) is 9.29. The van der Waals surface area contributed by atoms with Crippen LogP contribution in [0.5, 0.6) is 23.0 Å². The van der Waals surface area contributed by atoms with Gasteiger partial charge in [-0.25, -0.2) is 5.43 Å². The van der Waals surface area contributed by atoms with Gasteiger partial charge in [0, 0.05) is 12.2 Å². The van der Waals surface area contributed by atoms with Crippen molar-refractivity contribution in [2.75, 3.05) is 39.8 Å². The Bertz CT molecular complexity index is 1480. The second-order valence-corrected chi connectivity index (χ2v) is 10.2. The number of carbonyl (C=O) groups excluding carboxylic acids is 3. The highest BCUT2D eigenvalue weighted by Crippen LogP contribution is 2.33. The Morgan fingerprint density at radius 2 is 1.64 bits per heavy atom. The molecule has 0 aliphatic rings. The highest BCUT2D eigenvalue weighted by Gasteiger charge is 2.15. The average molecular weight is 689 g/mol. The molecule has 0 fully saturated rings. The first-order valence-electron chi connectivity index (χ1n) is 12.8. The quantitative estimate of drug-likeness (QED) is 0.114. The van der Waals surface area contributed by atoms with Gasteiger partial charge in [0.25, 0.3) is 5.91 Å². The zero-order chi connectivity index (χ0) is 30.6. The lowest BCUT2D eigenvalue weighted by Gasteiger charge is -2.14. The molecular weight excluding hydrogens is 655 g/mol. The monoisotopic (exact) mass is 688 g/mol. The minimum Gasteiger partial charge on any atom is -0.493 e. The fourth-order valence-corrected chi connectivity index (χ4v) is 4.60. The van der Waals surface area contributed by atoms with Gasteiger partial charge in [0.15, 0.2) is 29.6 Å². The highest BCUT2D eigenvalue weighted by atomic mass is 127. The third kappa shape index (κ3) is 8.83. The predicted octanol–water partition coefficient (Wildman–Crippen LogP) is 3.76. The van der Waals surface area contributed by atoms with E-state index in [2.05, 4.69) is 43.8 Å². The van der Waals surface area contributed by atoms with E-state index in [4.69, 9.17) is 18.9 Å². The summed E-state index contributed by atoms with van der Waals surface area (Å²) in [6, 6.07) is 14.5. The Labute approximate surface area is 258 Å². The van der Waals surface area contributed by atoms with E-state index >= 15 is 0 Å². The Kier molecular flexibility index (Phi) is 12.0. The van der Waals surface area contributed by atoms with Gasteiger partial charge in [-0.2, -0.15) is 5.10 Å². The summed E-state index contributed by atoms with van der Waals surface area (Å²) in [7, 11) is 4.57. The van der Waals surface area contributed by atoms with Crippen molar-refractivity contribution in [3.8, 4) is 23.0 Å². The van der Waals surface area contributed by atoms with Crippen molar-refractivity contribution < 1.29 is 33.3 Å². The molecule has 3 amide bonds. The van der Waals surface area contributed by atoms with Crippen molar-refractivity contribution >= 4 is 52.2 Å². The molecule has 0 radical (unpaired) electrons. The van der Waals surface area contributed by atoms with Crippen molar-refractivity contribution in [3.63, 3.8) is 0 Å². The van der Waals surface area contributed by atoms with E-state index in [-0.39, 0.29) is 19.1 Å². The summed E-state index contributed by atoms with van der Waals surface area (Å²) < 4.78 is 22.3. The van der Waals surface area contributed by atoms with Crippen LogP contribution in [0.4, 0.5) is 5.69 Å². The lowest BCUT2D eigenvalue weighted by Crippen LogP contribution is -2.38. The van der Waals surface area contributed by atoms with E-state index in [9.17, 15) is 14.4 Å². The SMILES string of the molecule is COc1ccc(CCNC(=O)C(=O)N/N=C\c2cc(I)c(OCC(=O)Nc3cccc(C)c3C)c(OC)c2)cc1OC. The van der Waals surface area contributed by atoms with Crippen molar-refractivity contribution in [1.29, 1.82) is 0 Å². The van der Waals surface area contributed by atoms with E-state index in [1.807, 2.05) is 44.2 Å². The van der Waals surface area contributed by atoms with Gasteiger partial charge in [-0.3, -0.25) is 14.4 Å².